The summed E-state index contributed by atoms with van der Waals surface area (Å²) in [6, 6.07) is 3.39. The van der Waals surface area contributed by atoms with Crippen molar-refractivity contribution in [1.82, 2.24) is 10.2 Å². The maximum atomic E-state index is 11.3. The lowest BCUT2D eigenvalue weighted by Gasteiger charge is -2.04. The summed E-state index contributed by atoms with van der Waals surface area (Å²) in [6.45, 7) is 3.90. The molecule has 0 aliphatic heterocycles. The minimum absolute atomic E-state index is 0.0655. The standard InChI is InChI=1S/C11H12N2O3S2/c1-6(17-11-13-12-7(2)18-11)8-4-5-9(16-8)10(14)15-3/h4-6H,1-3H3. The summed E-state index contributed by atoms with van der Waals surface area (Å²) in [4.78, 5) is 11.3. The molecule has 0 saturated heterocycles. The number of methoxy groups -OCH3 is 1. The first kappa shape index (κ1) is 13.1. The minimum atomic E-state index is -0.467. The number of esters is 1. The Kier molecular flexibility index (Phi) is 4.03. The summed E-state index contributed by atoms with van der Waals surface area (Å²) in [6.07, 6.45) is 0. The highest BCUT2D eigenvalue weighted by Gasteiger charge is 2.17. The van der Waals surface area contributed by atoms with Crippen molar-refractivity contribution in [1.29, 1.82) is 0 Å². The van der Waals surface area contributed by atoms with Gasteiger partial charge in [0.15, 0.2) is 4.34 Å². The average molecular weight is 284 g/mol. The van der Waals surface area contributed by atoms with Crippen LogP contribution in [0.1, 0.15) is 33.5 Å². The number of carbonyl (C=O) groups excluding carboxylic acids is 1. The molecule has 0 spiro atoms. The van der Waals surface area contributed by atoms with Crippen molar-refractivity contribution >= 4 is 29.1 Å². The molecule has 18 heavy (non-hydrogen) atoms. The zero-order chi connectivity index (χ0) is 13.1. The third kappa shape index (κ3) is 2.91. The number of hydrogen-bond acceptors (Lipinski definition) is 7. The lowest BCUT2D eigenvalue weighted by Crippen LogP contribution is -1.98. The number of nitrogens with zero attached hydrogens (tertiary/aromatic N) is 2. The molecule has 0 aromatic carbocycles. The Morgan fingerprint density at radius 3 is 2.89 bits per heavy atom. The maximum absolute atomic E-state index is 11.3. The van der Waals surface area contributed by atoms with Gasteiger partial charge >= 0.3 is 5.97 Å². The van der Waals surface area contributed by atoms with Gasteiger partial charge in [0.25, 0.3) is 0 Å². The van der Waals surface area contributed by atoms with E-state index in [2.05, 4.69) is 14.9 Å². The van der Waals surface area contributed by atoms with Crippen LogP contribution in [0.5, 0.6) is 0 Å². The molecule has 7 heteroatoms. The minimum Gasteiger partial charge on any atom is -0.463 e. The summed E-state index contributed by atoms with van der Waals surface area (Å²) >= 11 is 3.08. The highest BCUT2D eigenvalue weighted by Crippen LogP contribution is 2.36. The molecule has 0 saturated carbocycles. The third-order valence-electron chi connectivity index (χ3n) is 2.20. The topological polar surface area (TPSA) is 65.2 Å². The molecule has 2 rings (SSSR count). The lowest BCUT2D eigenvalue weighted by molar-refractivity contribution is 0.0563. The van der Waals surface area contributed by atoms with Crippen LogP contribution in [0.25, 0.3) is 0 Å². The summed E-state index contributed by atoms with van der Waals surface area (Å²) in [5.41, 5.74) is 0. The third-order valence-corrected chi connectivity index (χ3v) is 4.24. The number of rotatable bonds is 4. The molecular formula is C11H12N2O3S2. The first-order chi connectivity index (χ1) is 8.60. The van der Waals surface area contributed by atoms with Gasteiger partial charge in [0.2, 0.25) is 5.76 Å². The number of furan rings is 1. The molecule has 0 amide bonds. The Hall–Kier alpha value is -1.34. The molecule has 1 unspecified atom stereocenters. The van der Waals surface area contributed by atoms with Crippen LogP contribution in [0.3, 0.4) is 0 Å². The maximum Gasteiger partial charge on any atom is 0.373 e. The Morgan fingerprint density at radius 1 is 1.50 bits per heavy atom. The van der Waals surface area contributed by atoms with E-state index in [1.807, 2.05) is 13.8 Å². The molecule has 96 valence electrons. The van der Waals surface area contributed by atoms with Gasteiger partial charge in [-0.2, -0.15) is 0 Å². The van der Waals surface area contributed by atoms with Gasteiger partial charge in [-0.25, -0.2) is 4.79 Å². The number of thioether (sulfide) groups is 1. The predicted octanol–water partition coefficient (Wildman–Crippen LogP) is 3.08. The lowest BCUT2D eigenvalue weighted by atomic mass is 10.3. The van der Waals surface area contributed by atoms with E-state index >= 15 is 0 Å². The molecule has 5 nitrogen and oxygen atoms in total. The van der Waals surface area contributed by atoms with Gasteiger partial charge in [-0.15, -0.1) is 10.2 Å². The van der Waals surface area contributed by atoms with Crippen LogP contribution in [0, 0.1) is 6.92 Å². The summed E-state index contributed by atoms with van der Waals surface area (Å²) < 4.78 is 10.9. The van der Waals surface area contributed by atoms with Crippen LogP contribution >= 0.6 is 23.1 Å². The smallest absolute Gasteiger partial charge is 0.373 e. The zero-order valence-electron chi connectivity index (χ0n) is 10.2. The molecule has 0 fully saturated rings. The first-order valence-corrected chi connectivity index (χ1v) is 6.94. The van der Waals surface area contributed by atoms with E-state index < -0.39 is 5.97 Å². The second-order valence-corrected chi connectivity index (χ2v) is 6.31. The van der Waals surface area contributed by atoms with Crippen LogP contribution < -0.4 is 0 Å². The molecule has 0 radical (unpaired) electrons. The van der Waals surface area contributed by atoms with Crippen molar-refractivity contribution in [3.8, 4) is 0 Å². The largest absolute Gasteiger partial charge is 0.463 e. The highest BCUT2D eigenvalue weighted by atomic mass is 32.2. The Balaban J connectivity index is 2.07. The first-order valence-electron chi connectivity index (χ1n) is 5.25. The van der Waals surface area contributed by atoms with Crippen molar-refractivity contribution in [2.24, 2.45) is 0 Å². The zero-order valence-corrected chi connectivity index (χ0v) is 11.8. The van der Waals surface area contributed by atoms with Gasteiger partial charge in [-0.05, 0) is 26.0 Å². The van der Waals surface area contributed by atoms with Crippen molar-refractivity contribution < 1.29 is 13.9 Å². The van der Waals surface area contributed by atoms with Crippen LogP contribution in [-0.2, 0) is 4.74 Å². The quantitative estimate of drug-likeness (QED) is 0.635. The monoisotopic (exact) mass is 284 g/mol. The molecular weight excluding hydrogens is 272 g/mol. The van der Waals surface area contributed by atoms with Gasteiger partial charge in [0, 0.05) is 0 Å². The van der Waals surface area contributed by atoms with Gasteiger partial charge < -0.3 is 9.15 Å². The molecule has 0 N–H and O–H groups in total. The number of aromatic nitrogens is 2. The van der Waals surface area contributed by atoms with Crippen LogP contribution in [0.15, 0.2) is 20.9 Å². The fraction of sp³-hybridized carbons (Fsp3) is 0.364. The van der Waals surface area contributed by atoms with Crippen LogP contribution in [-0.4, -0.2) is 23.3 Å². The van der Waals surface area contributed by atoms with E-state index in [4.69, 9.17) is 4.42 Å². The van der Waals surface area contributed by atoms with Crippen molar-refractivity contribution in [2.45, 2.75) is 23.4 Å². The van der Waals surface area contributed by atoms with Crippen molar-refractivity contribution in [3.63, 3.8) is 0 Å². The van der Waals surface area contributed by atoms with Crippen molar-refractivity contribution in [2.75, 3.05) is 7.11 Å². The fourth-order valence-corrected chi connectivity index (χ4v) is 3.35. The summed E-state index contributed by atoms with van der Waals surface area (Å²) in [5, 5.41) is 8.99. The molecule has 2 aromatic heterocycles. The van der Waals surface area contributed by atoms with Crippen molar-refractivity contribution in [3.05, 3.63) is 28.7 Å². The van der Waals surface area contributed by atoms with E-state index in [9.17, 15) is 4.79 Å². The Bertz CT molecular complexity index is 550. The Morgan fingerprint density at radius 2 is 2.28 bits per heavy atom. The van der Waals surface area contributed by atoms with E-state index in [0.29, 0.717) is 5.76 Å². The number of aryl methyl sites for hydroxylation is 1. The average Bonchev–Trinajstić information content (AvgIpc) is 2.97. The SMILES string of the molecule is COC(=O)c1ccc(C(C)Sc2nnc(C)s2)o1. The van der Waals surface area contributed by atoms with E-state index in [0.717, 1.165) is 9.35 Å². The number of ether oxygens (including phenoxy) is 1. The summed E-state index contributed by atoms with van der Waals surface area (Å²) in [5.74, 6) is 0.465. The molecule has 0 aliphatic carbocycles. The van der Waals surface area contributed by atoms with Gasteiger partial charge in [0.05, 0.1) is 12.4 Å². The molecule has 2 aromatic rings. The highest BCUT2D eigenvalue weighted by molar-refractivity contribution is 8.01. The predicted molar refractivity (Wildman–Crippen MR) is 69.0 cm³/mol. The number of hydrogen-bond donors (Lipinski definition) is 0. The van der Waals surface area contributed by atoms with Crippen LogP contribution in [0.2, 0.25) is 0 Å². The summed E-state index contributed by atoms with van der Waals surface area (Å²) in [7, 11) is 1.33. The van der Waals surface area contributed by atoms with Crippen LogP contribution in [0.4, 0.5) is 0 Å². The molecule has 1 atom stereocenters. The van der Waals surface area contributed by atoms with Gasteiger partial charge in [-0.1, -0.05) is 23.1 Å². The van der Waals surface area contributed by atoms with Gasteiger partial charge in [0.1, 0.15) is 10.8 Å². The Labute approximate surface area is 113 Å². The number of carbonyl (C=O) groups is 1. The second-order valence-electron chi connectivity index (χ2n) is 3.54. The van der Waals surface area contributed by atoms with E-state index in [1.54, 1.807) is 23.9 Å². The second kappa shape index (κ2) is 5.53. The molecule has 0 aliphatic rings. The normalized spacial score (nSPS) is 12.4. The van der Waals surface area contributed by atoms with E-state index in [1.165, 1.54) is 18.4 Å². The van der Waals surface area contributed by atoms with Gasteiger partial charge in [-0.3, -0.25) is 0 Å². The molecule has 0 bridgehead atoms. The fourth-order valence-electron chi connectivity index (χ4n) is 1.32. The van der Waals surface area contributed by atoms with E-state index in [-0.39, 0.29) is 11.0 Å². The molecule has 2 heterocycles.